The van der Waals surface area contributed by atoms with Crippen LogP contribution in [0.1, 0.15) is 13.8 Å². The van der Waals surface area contributed by atoms with Gasteiger partial charge in [0, 0.05) is 6.54 Å². The van der Waals surface area contributed by atoms with Crippen LogP contribution in [-0.2, 0) is 38.1 Å². The maximum absolute atomic E-state index is 11.9. The molecule has 0 aliphatic carbocycles. The largest absolute Gasteiger partial charge is 0.469 e. The van der Waals surface area contributed by atoms with Crippen molar-refractivity contribution in [3.8, 4) is 0 Å². The van der Waals surface area contributed by atoms with Crippen LogP contribution < -0.4 is 0 Å². The summed E-state index contributed by atoms with van der Waals surface area (Å²) < 4.78 is 26.7. The molecule has 0 aromatic heterocycles. The zero-order chi connectivity index (χ0) is 16.8. The number of carbonyl (C=O) groups is 2. The number of fused-ring (bicyclic) bond motifs is 1. The van der Waals surface area contributed by atoms with Gasteiger partial charge in [0.25, 0.3) is 0 Å². The molecule has 0 saturated carbocycles. The first-order chi connectivity index (χ1) is 10.9. The van der Waals surface area contributed by atoms with Crippen LogP contribution in [0, 0.1) is 5.92 Å². The number of methoxy groups -OCH3 is 2. The van der Waals surface area contributed by atoms with Gasteiger partial charge >= 0.3 is 11.9 Å². The number of esters is 2. The van der Waals surface area contributed by atoms with Crippen molar-refractivity contribution in [2.45, 2.75) is 44.2 Å². The Bertz CT molecular complexity index is 471. The van der Waals surface area contributed by atoms with Crippen LogP contribution in [0.5, 0.6) is 0 Å². The summed E-state index contributed by atoms with van der Waals surface area (Å²) in [5.74, 6) is -2.67. The standard InChI is InChI=1S/C14H21NO8/c1-14(2)21-8-6-20-11(10(8)22-14)15-5-7(12(16)18-3)9(23-15)13(17)19-4/h7-11H,5-6H2,1-4H3/t7-,8+,9+,10+,11+/m0/s1. The van der Waals surface area contributed by atoms with E-state index in [-0.39, 0.29) is 18.8 Å². The highest BCUT2D eigenvalue weighted by molar-refractivity contribution is 5.84. The van der Waals surface area contributed by atoms with Crippen LogP contribution in [-0.4, -0.2) is 74.7 Å². The van der Waals surface area contributed by atoms with Gasteiger partial charge in [-0.2, -0.15) is 5.06 Å². The Kier molecular flexibility index (Phi) is 4.32. The molecule has 3 aliphatic rings. The molecule has 0 bridgehead atoms. The number of rotatable bonds is 3. The van der Waals surface area contributed by atoms with E-state index in [2.05, 4.69) is 0 Å². The third kappa shape index (κ3) is 2.94. The topological polar surface area (TPSA) is 92.8 Å². The molecule has 130 valence electrons. The van der Waals surface area contributed by atoms with E-state index in [1.54, 1.807) is 0 Å². The van der Waals surface area contributed by atoms with Crippen LogP contribution >= 0.6 is 0 Å². The number of nitrogens with zero attached hydrogens (tertiary/aromatic N) is 1. The maximum atomic E-state index is 11.9. The lowest BCUT2D eigenvalue weighted by atomic mass is 10.0. The fourth-order valence-electron chi connectivity index (χ4n) is 3.16. The number of ether oxygens (including phenoxy) is 5. The summed E-state index contributed by atoms with van der Waals surface area (Å²) in [5, 5.41) is 1.44. The molecule has 3 aliphatic heterocycles. The van der Waals surface area contributed by atoms with Crippen molar-refractivity contribution < 1.29 is 38.1 Å². The minimum absolute atomic E-state index is 0.143. The molecule has 23 heavy (non-hydrogen) atoms. The van der Waals surface area contributed by atoms with Crippen molar-refractivity contribution in [3.63, 3.8) is 0 Å². The average molecular weight is 331 g/mol. The Morgan fingerprint density at radius 1 is 1.13 bits per heavy atom. The normalized spacial score (nSPS) is 39.2. The van der Waals surface area contributed by atoms with Gasteiger partial charge in [0.05, 0.1) is 20.8 Å². The minimum Gasteiger partial charge on any atom is -0.469 e. The van der Waals surface area contributed by atoms with Crippen molar-refractivity contribution in [3.05, 3.63) is 0 Å². The lowest BCUT2D eigenvalue weighted by Gasteiger charge is -2.27. The summed E-state index contributed by atoms with van der Waals surface area (Å²) in [6.07, 6.45) is -2.21. The maximum Gasteiger partial charge on any atom is 0.338 e. The Morgan fingerprint density at radius 3 is 2.48 bits per heavy atom. The van der Waals surface area contributed by atoms with Gasteiger partial charge in [-0.1, -0.05) is 0 Å². The smallest absolute Gasteiger partial charge is 0.338 e. The first kappa shape index (κ1) is 16.6. The summed E-state index contributed by atoms with van der Waals surface area (Å²) in [4.78, 5) is 29.4. The zero-order valence-corrected chi connectivity index (χ0v) is 13.5. The Morgan fingerprint density at radius 2 is 1.83 bits per heavy atom. The third-order valence-corrected chi connectivity index (χ3v) is 4.15. The molecule has 0 aromatic carbocycles. The van der Waals surface area contributed by atoms with Gasteiger partial charge in [-0.05, 0) is 13.8 Å². The van der Waals surface area contributed by atoms with Gasteiger partial charge in [0.1, 0.15) is 18.1 Å². The molecule has 0 amide bonds. The fourth-order valence-corrected chi connectivity index (χ4v) is 3.16. The van der Waals surface area contributed by atoms with E-state index in [1.165, 1.54) is 19.3 Å². The first-order valence-electron chi connectivity index (χ1n) is 7.42. The first-order valence-corrected chi connectivity index (χ1v) is 7.42. The van der Waals surface area contributed by atoms with Crippen molar-refractivity contribution in [2.24, 2.45) is 5.92 Å². The molecule has 0 aromatic rings. The predicted octanol–water partition coefficient (Wildman–Crippen LogP) is -0.559. The molecular weight excluding hydrogens is 310 g/mol. The van der Waals surface area contributed by atoms with Crippen molar-refractivity contribution in [1.82, 2.24) is 5.06 Å². The lowest BCUT2D eigenvalue weighted by Crippen LogP contribution is -2.43. The third-order valence-electron chi connectivity index (χ3n) is 4.15. The number of hydrogen-bond donors (Lipinski definition) is 0. The van der Waals surface area contributed by atoms with Crippen LogP contribution in [0.25, 0.3) is 0 Å². The quantitative estimate of drug-likeness (QED) is 0.631. The molecule has 0 N–H and O–H groups in total. The van der Waals surface area contributed by atoms with Gasteiger partial charge < -0.3 is 23.7 Å². The molecule has 3 rings (SSSR count). The fraction of sp³-hybridized carbons (Fsp3) is 0.857. The molecule has 9 heteroatoms. The van der Waals surface area contributed by atoms with Crippen LogP contribution in [0.15, 0.2) is 0 Å². The Hall–Kier alpha value is -1.26. The number of hydrogen-bond acceptors (Lipinski definition) is 9. The zero-order valence-electron chi connectivity index (χ0n) is 13.5. The van der Waals surface area contributed by atoms with E-state index in [0.717, 1.165) is 0 Å². The predicted molar refractivity (Wildman–Crippen MR) is 72.7 cm³/mol. The summed E-state index contributed by atoms with van der Waals surface area (Å²) >= 11 is 0. The summed E-state index contributed by atoms with van der Waals surface area (Å²) in [7, 11) is 2.50. The van der Waals surface area contributed by atoms with Gasteiger partial charge in [-0.3, -0.25) is 9.63 Å². The SMILES string of the molecule is COC(=O)[C@H]1CN([C@@H]2OC[C@H]3OC(C)(C)O[C@@H]23)O[C@H]1C(=O)OC. The van der Waals surface area contributed by atoms with Crippen LogP contribution in [0.2, 0.25) is 0 Å². The van der Waals surface area contributed by atoms with E-state index in [1.807, 2.05) is 13.8 Å². The summed E-state index contributed by atoms with van der Waals surface area (Å²) in [5.41, 5.74) is 0. The van der Waals surface area contributed by atoms with Gasteiger partial charge in [0.2, 0.25) is 0 Å². The van der Waals surface area contributed by atoms with E-state index < -0.39 is 36.0 Å². The molecule has 5 atom stereocenters. The highest BCUT2D eigenvalue weighted by Gasteiger charge is 2.56. The van der Waals surface area contributed by atoms with Crippen molar-refractivity contribution >= 4 is 11.9 Å². The molecule has 9 nitrogen and oxygen atoms in total. The molecular formula is C14H21NO8. The summed E-state index contributed by atoms with van der Waals surface area (Å²) in [6, 6.07) is 0. The van der Waals surface area contributed by atoms with E-state index in [9.17, 15) is 9.59 Å². The summed E-state index contributed by atoms with van der Waals surface area (Å²) in [6.45, 7) is 4.14. The number of hydroxylamine groups is 2. The highest BCUT2D eigenvalue weighted by Crippen LogP contribution is 2.38. The average Bonchev–Trinajstić information content (AvgIpc) is 3.16. The van der Waals surface area contributed by atoms with E-state index in [4.69, 9.17) is 28.5 Å². The second kappa shape index (κ2) is 5.99. The monoisotopic (exact) mass is 331 g/mol. The minimum atomic E-state index is -1.06. The van der Waals surface area contributed by atoms with Crippen molar-refractivity contribution in [2.75, 3.05) is 27.4 Å². The van der Waals surface area contributed by atoms with Crippen molar-refractivity contribution in [1.29, 1.82) is 0 Å². The van der Waals surface area contributed by atoms with E-state index >= 15 is 0 Å². The van der Waals surface area contributed by atoms with Crippen LogP contribution in [0.4, 0.5) is 0 Å². The van der Waals surface area contributed by atoms with Gasteiger partial charge in [-0.15, -0.1) is 0 Å². The van der Waals surface area contributed by atoms with Gasteiger partial charge in [0.15, 0.2) is 18.1 Å². The lowest BCUT2D eigenvalue weighted by molar-refractivity contribution is -0.265. The Labute approximate surface area is 133 Å². The molecule has 0 unspecified atom stereocenters. The van der Waals surface area contributed by atoms with Gasteiger partial charge in [-0.25, -0.2) is 4.79 Å². The molecule has 3 heterocycles. The molecule has 0 spiro atoms. The second-order valence-corrected chi connectivity index (χ2v) is 6.14. The number of carbonyl (C=O) groups excluding carboxylic acids is 2. The molecule has 3 fully saturated rings. The second-order valence-electron chi connectivity index (χ2n) is 6.14. The highest BCUT2D eigenvalue weighted by atomic mass is 16.8. The van der Waals surface area contributed by atoms with E-state index in [0.29, 0.717) is 6.61 Å². The molecule has 0 radical (unpaired) electrons. The van der Waals surface area contributed by atoms with Crippen LogP contribution in [0.3, 0.4) is 0 Å². The molecule has 3 saturated heterocycles. The Balaban J connectivity index is 1.74.